The molecule has 2 heterocycles. The molecule has 1 aromatic carbocycles. The van der Waals surface area contributed by atoms with Gasteiger partial charge in [-0.05, 0) is 37.3 Å². The molecule has 0 bridgehead atoms. The molecular formula is C21H29N3O3. The van der Waals surface area contributed by atoms with E-state index < -0.39 is 11.9 Å². The molecule has 27 heavy (non-hydrogen) atoms. The van der Waals surface area contributed by atoms with Crippen LogP contribution in [-0.2, 0) is 14.3 Å². The van der Waals surface area contributed by atoms with Gasteiger partial charge in [-0.3, -0.25) is 14.5 Å². The van der Waals surface area contributed by atoms with Crippen molar-refractivity contribution in [3.63, 3.8) is 0 Å². The fourth-order valence-corrected chi connectivity index (χ4v) is 3.83. The summed E-state index contributed by atoms with van der Waals surface area (Å²) >= 11 is 0. The molecule has 2 aromatic rings. The van der Waals surface area contributed by atoms with Crippen LogP contribution >= 0.6 is 0 Å². The van der Waals surface area contributed by atoms with Crippen molar-refractivity contribution in [2.24, 2.45) is 17.8 Å². The first-order valence-electron chi connectivity index (χ1n) is 9.81. The number of hydrogen-bond acceptors (Lipinski definition) is 4. The van der Waals surface area contributed by atoms with E-state index in [1.165, 1.54) is 0 Å². The number of carbonyl (C=O) groups excluding carboxylic acids is 2. The number of para-hydroxylation sites is 2. The van der Waals surface area contributed by atoms with E-state index in [2.05, 4.69) is 18.4 Å². The van der Waals surface area contributed by atoms with Crippen LogP contribution in [0.15, 0.2) is 24.3 Å². The molecule has 0 unspecified atom stereocenters. The minimum atomic E-state index is -0.845. The lowest BCUT2D eigenvalue weighted by Gasteiger charge is -2.39. The van der Waals surface area contributed by atoms with Gasteiger partial charge in [-0.2, -0.15) is 0 Å². The highest BCUT2D eigenvalue weighted by molar-refractivity contribution is 6.08. The molecule has 1 aliphatic rings. The van der Waals surface area contributed by atoms with Gasteiger partial charge in [0.1, 0.15) is 0 Å². The largest absolute Gasteiger partial charge is 0.465 e. The molecule has 3 rings (SSSR count). The van der Waals surface area contributed by atoms with Crippen molar-refractivity contribution in [2.45, 2.75) is 47.1 Å². The van der Waals surface area contributed by atoms with Crippen LogP contribution in [0.25, 0.3) is 11.0 Å². The Morgan fingerprint density at radius 3 is 2.56 bits per heavy atom. The minimum Gasteiger partial charge on any atom is -0.465 e. The zero-order valence-electron chi connectivity index (χ0n) is 16.8. The lowest BCUT2D eigenvalue weighted by molar-refractivity contribution is -0.154. The van der Waals surface area contributed by atoms with Gasteiger partial charge in [0.25, 0.3) is 0 Å². The minimum absolute atomic E-state index is 0.0759. The number of fused-ring (bicyclic) bond motifs is 3. The number of anilines is 1. The second kappa shape index (κ2) is 7.71. The number of esters is 1. The Morgan fingerprint density at radius 1 is 1.22 bits per heavy atom. The summed E-state index contributed by atoms with van der Waals surface area (Å²) in [6, 6.07) is 7.54. The summed E-state index contributed by atoms with van der Waals surface area (Å²) in [5.41, 5.74) is 1.78. The lowest BCUT2D eigenvalue weighted by Crippen LogP contribution is -2.51. The molecule has 0 spiro atoms. The zero-order chi connectivity index (χ0) is 19.7. The maximum absolute atomic E-state index is 13.4. The Balaban J connectivity index is 2.19. The third kappa shape index (κ3) is 3.45. The van der Waals surface area contributed by atoms with Gasteiger partial charge in [0.2, 0.25) is 11.9 Å². The summed E-state index contributed by atoms with van der Waals surface area (Å²) in [7, 11) is 0. The summed E-state index contributed by atoms with van der Waals surface area (Å²) in [6.07, 6.45) is 0.844. The van der Waals surface area contributed by atoms with Crippen LogP contribution in [0, 0.1) is 17.8 Å². The van der Waals surface area contributed by atoms with Crippen molar-refractivity contribution >= 4 is 28.9 Å². The van der Waals surface area contributed by atoms with Gasteiger partial charge in [-0.15, -0.1) is 0 Å². The molecule has 2 atom stereocenters. The number of ether oxygens (including phenoxy) is 1. The van der Waals surface area contributed by atoms with Gasteiger partial charge in [0, 0.05) is 6.54 Å². The molecule has 6 heteroatoms. The predicted octanol–water partition coefficient (Wildman–Crippen LogP) is 3.81. The Kier molecular flexibility index (Phi) is 5.53. The monoisotopic (exact) mass is 371 g/mol. The second-order valence-corrected chi connectivity index (χ2v) is 7.91. The third-order valence-corrected chi connectivity index (χ3v) is 5.14. The Hall–Kier alpha value is -2.37. The molecule has 6 nitrogen and oxygen atoms in total. The smallest absolute Gasteiger partial charge is 0.320 e. The van der Waals surface area contributed by atoms with E-state index in [1.807, 2.05) is 38.1 Å². The van der Waals surface area contributed by atoms with E-state index in [1.54, 1.807) is 11.8 Å². The number of nitrogens with zero attached hydrogens (tertiary/aromatic N) is 3. The maximum atomic E-state index is 13.4. The Labute approximate surface area is 160 Å². The molecule has 0 aliphatic carbocycles. The Morgan fingerprint density at radius 2 is 1.93 bits per heavy atom. The van der Waals surface area contributed by atoms with Crippen LogP contribution < -0.4 is 4.90 Å². The second-order valence-electron chi connectivity index (χ2n) is 7.91. The van der Waals surface area contributed by atoms with Crippen molar-refractivity contribution < 1.29 is 14.3 Å². The van der Waals surface area contributed by atoms with Crippen LogP contribution in [-0.4, -0.2) is 34.6 Å². The van der Waals surface area contributed by atoms with Crippen LogP contribution in [0.2, 0.25) is 0 Å². The number of aromatic nitrogens is 2. The molecule has 1 amide bonds. The number of benzene rings is 1. The van der Waals surface area contributed by atoms with Crippen LogP contribution in [0.4, 0.5) is 5.95 Å². The quantitative estimate of drug-likeness (QED) is 0.572. The summed E-state index contributed by atoms with van der Waals surface area (Å²) in [5.74, 6) is -0.329. The van der Waals surface area contributed by atoms with Gasteiger partial charge in [-0.25, -0.2) is 4.98 Å². The first-order chi connectivity index (χ1) is 12.9. The summed E-state index contributed by atoms with van der Waals surface area (Å²) in [5, 5.41) is 0. The Bertz CT molecular complexity index is 840. The van der Waals surface area contributed by atoms with Crippen molar-refractivity contribution in [1.82, 2.24) is 9.55 Å². The molecular weight excluding hydrogens is 342 g/mol. The lowest BCUT2D eigenvalue weighted by atomic mass is 9.87. The molecule has 1 aromatic heterocycles. The molecule has 0 N–H and O–H groups in total. The van der Waals surface area contributed by atoms with E-state index in [-0.39, 0.29) is 24.5 Å². The molecule has 0 radical (unpaired) electrons. The molecule has 0 fully saturated rings. The van der Waals surface area contributed by atoms with Gasteiger partial charge in [-0.1, -0.05) is 39.8 Å². The zero-order valence-corrected chi connectivity index (χ0v) is 16.8. The van der Waals surface area contributed by atoms with E-state index in [9.17, 15) is 9.59 Å². The van der Waals surface area contributed by atoms with Crippen molar-refractivity contribution in [1.29, 1.82) is 0 Å². The van der Waals surface area contributed by atoms with Crippen LogP contribution in [0.5, 0.6) is 0 Å². The molecule has 0 saturated heterocycles. The standard InChI is InChI=1S/C21H29N3O3/c1-6-27-20(26)17-18(14(4)5)24-16-10-8-7-9-15(16)22-21(24)23(19(17)25)12-11-13(2)3/h7-10,13-14,17-18H,6,11-12H2,1-5H3/t17-,18+/m1/s1. The van der Waals surface area contributed by atoms with E-state index >= 15 is 0 Å². The summed E-state index contributed by atoms with van der Waals surface area (Å²) in [4.78, 5) is 32.6. The summed E-state index contributed by atoms with van der Waals surface area (Å²) < 4.78 is 7.36. The summed E-state index contributed by atoms with van der Waals surface area (Å²) in [6.45, 7) is 10.9. The molecule has 1 aliphatic heterocycles. The van der Waals surface area contributed by atoms with Gasteiger partial charge < -0.3 is 9.30 Å². The highest BCUT2D eigenvalue weighted by Crippen LogP contribution is 2.41. The SMILES string of the molecule is CCOC(=O)[C@H]1C(=O)N(CCC(C)C)c2nc3ccccc3n2[C@H]1C(C)C. The number of carbonyl (C=O) groups is 2. The highest BCUT2D eigenvalue weighted by atomic mass is 16.5. The number of imidazole rings is 1. The first kappa shape index (κ1) is 19.4. The number of amides is 1. The van der Waals surface area contributed by atoms with Crippen molar-refractivity contribution in [2.75, 3.05) is 18.1 Å². The normalized spacial score (nSPS) is 19.8. The van der Waals surface area contributed by atoms with Gasteiger partial charge in [0.15, 0.2) is 5.92 Å². The predicted molar refractivity (Wildman–Crippen MR) is 106 cm³/mol. The van der Waals surface area contributed by atoms with Gasteiger partial charge >= 0.3 is 5.97 Å². The number of rotatable bonds is 6. The van der Waals surface area contributed by atoms with E-state index in [0.29, 0.717) is 18.4 Å². The highest BCUT2D eigenvalue weighted by Gasteiger charge is 2.48. The van der Waals surface area contributed by atoms with E-state index in [0.717, 1.165) is 17.5 Å². The third-order valence-electron chi connectivity index (χ3n) is 5.14. The molecule has 0 saturated carbocycles. The fraction of sp³-hybridized carbons (Fsp3) is 0.571. The maximum Gasteiger partial charge on any atom is 0.320 e. The topological polar surface area (TPSA) is 64.4 Å². The van der Waals surface area contributed by atoms with Crippen molar-refractivity contribution in [3.05, 3.63) is 24.3 Å². The first-order valence-corrected chi connectivity index (χ1v) is 9.81. The van der Waals surface area contributed by atoms with Gasteiger partial charge in [0.05, 0.1) is 23.7 Å². The average molecular weight is 371 g/mol. The average Bonchev–Trinajstić information content (AvgIpc) is 2.98. The van der Waals surface area contributed by atoms with Crippen molar-refractivity contribution in [3.8, 4) is 0 Å². The van der Waals surface area contributed by atoms with E-state index in [4.69, 9.17) is 9.72 Å². The molecule has 146 valence electrons. The van der Waals surface area contributed by atoms with Crippen LogP contribution in [0.1, 0.15) is 47.1 Å². The fourth-order valence-electron chi connectivity index (χ4n) is 3.83. The van der Waals surface area contributed by atoms with Crippen LogP contribution in [0.3, 0.4) is 0 Å². The number of hydrogen-bond donors (Lipinski definition) is 0.